The highest BCUT2D eigenvalue weighted by molar-refractivity contribution is 5.79. The summed E-state index contributed by atoms with van der Waals surface area (Å²) < 4.78 is 5.28. The van der Waals surface area contributed by atoms with Crippen LogP contribution >= 0.6 is 0 Å². The van der Waals surface area contributed by atoms with Crippen molar-refractivity contribution in [1.29, 1.82) is 0 Å². The average molecular weight is 404 g/mol. The lowest BCUT2D eigenvalue weighted by Crippen LogP contribution is -2.51. The number of rotatable bonds is 4. The molecule has 1 aliphatic carbocycles. The molecule has 160 valence electrons. The molecule has 1 N–H and O–H groups in total. The van der Waals surface area contributed by atoms with Crippen molar-refractivity contribution >= 4 is 17.9 Å². The standard InChI is InChI=1S/C21H33N5O3/c1-21(2,3)29-20(28)24-15-16-5-7-17(8-6-16)18(27)25-11-13-26(14-12-25)19-22-9-4-10-23-19/h4,9-10,16-17H,5-8,11-15H2,1-3H3,(H,24,28). The largest absolute Gasteiger partial charge is 0.444 e. The topological polar surface area (TPSA) is 87.7 Å². The molecule has 2 aliphatic rings. The molecule has 0 bridgehead atoms. The van der Waals surface area contributed by atoms with E-state index < -0.39 is 5.60 Å². The minimum Gasteiger partial charge on any atom is -0.444 e. The molecule has 2 heterocycles. The van der Waals surface area contributed by atoms with Crippen LogP contribution in [0.2, 0.25) is 0 Å². The Kier molecular flexibility index (Phi) is 6.92. The number of nitrogens with one attached hydrogen (secondary N) is 1. The Labute approximate surface area is 173 Å². The van der Waals surface area contributed by atoms with Gasteiger partial charge in [-0.1, -0.05) is 0 Å². The molecule has 2 amide bonds. The van der Waals surface area contributed by atoms with Gasteiger partial charge in [-0.15, -0.1) is 0 Å². The van der Waals surface area contributed by atoms with Crippen LogP contribution in [0.5, 0.6) is 0 Å². The van der Waals surface area contributed by atoms with Crippen molar-refractivity contribution in [2.24, 2.45) is 11.8 Å². The number of piperazine rings is 1. The van der Waals surface area contributed by atoms with Crippen molar-refractivity contribution in [2.45, 2.75) is 52.1 Å². The number of nitrogens with zero attached hydrogens (tertiary/aromatic N) is 4. The predicted molar refractivity (Wildman–Crippen MR) is 111 cm³/mol. The van der Waals surface area contributed by atoms with E-state index in [1.807, 2.05) is 31.7 Å². The summed E-state index contributed by atoms with van der Waals surface area (Å²) in [6, 6.07) is 1.81. The van der Waals surface area contributed by atoms with Crippen molar-refractivity contribution in [2.75, 3.05) is 37.6 Å². The quantitative estimate of drug-likeness (QED) is 0.831. The lowest BCUT2D eigenvalue weighted by Gasteiger charge is -2.37. The van der Waals surface area contributed by atoms with Gasteiger partial charge in [0.25, 0.3) is 0 Å². The molecule has 2 fully saturated rings. The van der Waals surface area contributed by atoms with Crippen LogP contribution in [0, 0.1) is 11.8 Å². The minimum absolute atomic E-state index is 0.104. The molecule has 0 spiro atoms. The first-order valence-electron chi connectivity index (χ1n) is 10.6. The molecule has 1 aromatic heterocycles. The molecule has 8 heteroatoms. The first-order chi connectivity index (χ1) is 13.8. The first kappa shape index (κ1) is 21.3. The van der Waals surface area contributed by atoms with Gasteiger partial charge in [-0.25, -0.2) is 14.8 Å². The van der Waals surface area contributed by atoms with Crippen molar-refractivity contribution in [3.8, 4) is 0 Å². The highest BCUT2D eigenvalue weighted by Crippen LogP contribution is 2.30. The number of anilines is 1. The smallest absolute Gasteiger partial charge is 0.407 e. The second-order valence-electron chi connectivity index (χ2n) is 8.96. The number of hydrogen-bond acceptors (Lipinski definition) is 6. The van der Waals surface area contributed by atoms with Crippen molar-refractivity contribution < 1.29 is 14.3 Å². The Hall–Kier alpha value is -2.38. The third-order valence-electron chi connectivity index (χ3n) is 5.56. The maximum Gasteiger partial charge on any atom is 0.407 e. The van der Waals surface area contributed by atoms with E-state index in [1.165, 1.54) is 0 Å². The SMILES string of the molecule is CC(C)(C)OC(=O)NCC1CCC(C(=O)N2CCN(c3ncccn3)CC2)CC1. The van der Waals surface area contributed by atoms with E-state index in [9.17, 15) is 9.59 Å². The predicted octanol–water partition coefficient (Wildman–Crippen LogP) is 2.46. The summed E-state index contributed by atoms with van der Waals surface area (Å²) >= 11 is 0. The molecule has 0 atom stereocenters. The van der Waals surface area contributed by atoms with Crippen LogP contribution in [0.25, 0.3) is 0 Å². The van der Waals surface area contributed by atoms with Gasteiger partial charge < -0.3 is 19.9 Å². The van der Waals surface area contributed by atoms with E-state index in [-0.39, 0.29) is 17.9 Å². The fourth-order valence-electron chi connectivity index (χ4n) is 3.99. The van der Waals surface area contributed by atoms with Crippen LogP contribution in [0.1, 0.15) is 46.5 Å². The zero-order valence-electron chi connectivity index (χ0n) is 17.8. The summed E-state index contributed by atoms with van der Waals surface area (Å²) in [4.78, 5) is 37.4. The minimum atomic E-state index is -0.481. The van der Waals surface area contributed by atoms with Gasteiger partial charge in [0.15, 0.2) is 0 Å². The normalized spacial score (nSPS) is 22.9. The number of amides is 2. The summed E-state index contributed by atoms with van der Waals surface area (Å²) in [5, 5.41) is 2.86. The molecule has 1 aromatic rings. The van der Waals surface area contributed by atoms with Gasteiger partial charge in [0, 0.05) is 51.0 Å². The average Bonchev–Trinajstić information content (AvgIpc) is 2.72. The highest BCUT2D eigenvalue weighted by Gasteiger charge is 2.31. The van der Waals surface area contributed by atoms with Gasteiger partial charge in [0.05, 0.1) is 0 Å². The van der Waals surface area contributed by atoms with Gasteiger partial charge in [-0.05, 0) is 58.4 Å². The number of carbonyl (C=O) groups is 2. The van der Waals surface area contributed by atoms with Crippen LogP contribution in [0.15, 0.2) is 18.5 Å². The van der Waals surface area contributed by atoms with Crippen molar-refractivity contribution in [3.05, 3.63) is 18.5 Å². The van der Waals surface area contributed by atoms with Crippen LogP contribution in [0.4, 0.5) is 10.7 Å². The van der Waals surface area contributed by atoms with Crippen LogP contribution in [-0.4, -0.2) is 65.2 Å². The lowest BCUT2D eigenvalue weighted by molar-refractivity contribution is -0.137. The zero-order chi connectivity index (χ0) is 20.9. The number of ether oxygens (including phenoxy) is 1. The monoisotopic (exact) mass is 403 g/mol. The van der Waals surface area contributed by atoms with Crippen molar-refractivity contribution in [3.63, 3.8) is 0 Å². The van der Waals surface area contributed by atoms with Crippen LogP contribution < -0.4 is 10.2 Å². The Morgan fingerprint density at radius 3 is 2.28 bits per heavy atom. The first-order valence-corrected chi connectivity index (χ1v) is 10.6. The molecule has 1 saturated carbocycles. The Morgan fingerprint density at radius 1 is 1.07 bits per heavy atom. The Morgan fingerprint density at radius 2 is 1.69 bits per heavy atom. The molecule has 29 heavy (non-hydrogen) atoms. The van der Waals surface area contributed by atoms with Gasteiger partial charge in [-0.3, -0.25) is 4.79 Å². The molecule has 3 rings (SSSR count). The van der Waals surface area contributed by atoms with Gasteiger partial charge >= 0.3 is 6.09 Å². The lowest BCUT2D eigenvalue weighted by atomic mass is 9.81. The molecule has 1 saturated heterocycles. The van der Waals surface area contributed by atoms with Gasteiger partial charge in [0.1, 0.15) is 5.60 Å². The zero-order valence-corrected chi connectivity index (χ0v) is 17.8. The van der Waals surface area contributed by atoms with E-state index in [2.05, 4.69) is 20.2 Å². The molecular weight excluding hydrogens is 370 g/mol. The fourth-order valence-corrected chi connectivity index (χ4v) is 3.99. The third-order valence-corrected chi connectivity index (χ3v) is 5.56. The summed E-state index contributed by atoms with van der Waals surface area (Å²) in [5.74, 6) is 1.53. The van der Waals surface area contributed by atoms with E-state index in [4.69, 9.17) is 4.74 Å². The summed E-state index contributed by atoms with van der Waals surface area (Å²) in [7, 11) is 0. The molecular formula is C21H33N5O3. The molecule has 0 unspecified atom stereocenters. The van der Waals surface area contributed by atoms with E-state index in [0.717, 1.165) is 57.8 Å². The van der Waals surface area contributed by atoms with E-state index in [1.54, 1.807) is 12.4 Å². The molecule has 8 nitrogen and oxygen atoms in total. The van der Waals surface area contributed by atoms with E-state index >= 15 is 0 Å². The van der Waals surface area contributed by atoms with Gasteiger partial charge in [-0.2, -0.15) is 0 Å². The summed E-state index contributed by atoms with van der Waals surface area (Å²) in [6.45, 7) is 9.16. The van der Waals surface area contributed by atoms with Crippen LogP contribution in [0.3, 0.4) is 0 Å². The maximum absolute atomic E-state index is 12.9. The molecule has 0 radical (unpaired) electrons. The Bertz CT molecular complexity index is 675. The maximum atomic E-state index is 12.9. The van der Waals surface area contributed by atoms with Gasteiger partial charge in [0.2, 0.25) is 11.9 Å². The van der Waals surface area contributed by atoms with E-state index in [0.29, 0.717) is 12.5 Å². The number of aromatic nitrogens is 2. The Balaban J connectivity index is 1.38. The second kappa shape index (κ2) is 9.41. The molecule has 1 aliphatic heterocycles. The highest BCUT2D eigenvalue weighted by atomic mass is 16.6. The van der Waals surface area contributed by atoms with Crippen molar-refractivity contribution in [1.82, 2.24) is 20.2 Å². The molecule has 0 aromatic carbocycles. The number of alkyl carbamates (subject to hydrolysis) is 1. The number of hydrogen-bond donors (Lipinski definition) is 1. The van der Waals surface area contributed by atoms with Crippen LogP contribution in [-0.2, 0) is 9.53 Å². The summed E-state index contributed by atoms with van der Waals surface area (Å²) in [6.07, 6.45) is 6.83. The third kappa shape index (κ3) is 6.30. The fraction of sp³-hybridized carbons (Fsp3) is 0.714. The number of carbonyl (C=O) groups excluding carboxylic acids is 2. The summed E-state index contributed by atoms with van der Waals surface area (Å²) in [5.41, 5.74) is -0.481. The second-order valence-corrected chi connectivity index (χ2v) is 8.96.